The van der Waals surface area contributed by atoms with Gasteiger partial charge in [0, 0.05) is 18.8 Å². The number of nitrogens with zero attached hydrogens (tertiary/aromatic N) is 1. The van der Waals surface area contributed by atoms with E-state index in [2.05, 4.69) is 5.32 Å². The van der Waals surface area contributed by atoms with Crippen LogP contribution in [0.5, 0.6) is 0 Å². The molecule has 0 saturated carbocycles. The summed E-state index contributed by atoms with van der Waals surface area (Å²) in [5.41, 5.74) is 0.269. The van der Waals surface area contributed by atoms with Crippen molar-refractivity contribution < 1.29 is 18.4 Å². The van der Waals surface area contributed by atoms with E-state index in [9.17, 15) is 18.4 Å². The number of nitrogens with one attached hydrogen (secondary N) is 1. The van der Waals surface area contributed by atoms with Crippen LogP contribution in [0.4, 0.5) is 14.5 Å². The van der Waals surface area contributed by atoms with Crippen LogP contribution in [-0.4, -0.2) is 29.8 Å². The quantitative estimate of drug-likeness (QED) is 0.788. The summed E-state index contributed by atoms with van der Waals surface area (Å²) in [5.74, 6) is -2.63. The Kier molecular flexibility index (Phi) is 2.79. The summed E-state index contributed by atoms with van der Waals surface area (Å²) in [6.45, 7) is 0. The van der Waals surface area contributed by atoms with E-state index in [-0.39, 0.29) is 23.9 Å². The number of benzene rings is 1. The van der Waals surface area contributed by atoms with Gasteiger partial charge in [-0.25, -0.2) is 8.78 Å². The van der Waals surface area contributed by atoms with Crippen LogP contribution in [-0.2, 0) is 9.59 Å². The highest BCUT2D eigenvalue weighted by Crippen LogP contribution is 2.19. The lowest BCUT2D eigenvalue weighted by molar-refractivity contribution is -0.136. The number of likely N-dealkylation sites (N-methyl/N-ethyl adjacent to an activating group) is 1. The first-order valence-electron chi connectivity index (χ1n) is 5.01. The molecule has 1 unspecified atom stereocenters. The van der Waals surface area contributed by atoms with Crippen LogP contribution in [0.1, 0.15) is 6.42 Å². The Balaban J connectivity index is 2.14. The molecule has 1 aliphatic rings. The van der Waals surface area contributed by atoms with Gasteiger partial charge in [0.2, 0.25) is 5.91 Å². The number of halogens is 2. The molecule has 1 aromatic rings. The summed E-state index contributed by atoms with van der Waals surface area (Å²) in [4.78, 5) is 23.8. The summed E-state index contributed by atoms with van der Waals surface area (Å²) in [7, 11) is 1.39. The topological polar surface area (TPSA) is 49.4 Å². The fraction of sp³-hybridized carbons (Fsp3) is 0.273. The van der Waals surface area contributed by atoms with Gasteiger partial charge < -0.3 is 5.32 Å². The second-order valence-corrected chi connectivity index (χ2v) is 3.82. The summed E-state index contributed by atoms with van der Waals surface area (Å²) in [5, 5.41) is 2.70. The second kappa shape index (κ2) is 4.12. The van der Waals surface area contributed by atoms with Crippen molar-refractivity contribution in [2.24, 2.45) is 0 Å². The van der Waals surface area contributed by atoms with Crippen molar-refractivity contribution in [1.82, 2.24) is 4.90 Å². The highest BCUT2D eigenvalue weighted by Gasteiger charge is 2.35. The molecule has 1 aromatic carbocycles. The van der Waals surface area contributed by atoms with Crippen LogP contribution in [0.25, 0.3) is 0 Å². The Labute approximate surface area is 96.2 Å². The normalized spacial score (nSPS) is 19.9. The Hall–Kier alpha value is -1.98. The van der Waals surface area contributed by atoms with E-state index >= 15 is 0 Å². The van der Waals surface area contributed by atoms with Crippen LogP contribution in [0.2, 0.25) is 0 Å². The highest BCUT2D eigenvalue weighted by molar-refractivity contribution is 6.06. The van der Waals surface area contributed by atoms with Gasteiger partial charge in [-0.15, -0.1) is 0 Å². The van der Waals surface area contributed by atoms with E-state index < -0.39 is 17.7 Å². The third kappa shape index (κ3) is 2.11. The van der Waals surface area contributed by atoms with Crippen molar-refractivity contribution in [3.63, 3.8) is 0 Å². The van der Waals surface area contributed by atoms with Crippen molar-refractivity contribution in [1.29, 1.82) is 0 Å². The van der Waals surface area contributed by atoms with Gasteiger partial charge in [0.15, 0.2) is 11.6 Å². The van der Waals surface area contributed by atoms with Crippen molar-refractivity contribution in [2.75, 3.05) is 12.4 Å². The third-order valence-electron chi connectivity index (χ3n) is 2.64. The molecule has 0 radical (unpaired) electrons. The molecule has 0 spiro atoms. The number of imide groups is 1. The minimum absolute atomic E-state index is 0.0222. The molecule has 1 fully saturated rings. The van der Waals surface area contributed by atoms with Gasteiger partial charge in [-0.1, -0.05) is 0 Å². The predicted octanol–water partition coefficient (Wildman–Crippen LogP) is 1.13. The van der Waals surface area contributed by atoms with Crippen LogP contribution in [0.15, 0.2) is 18.2 Å². The average molecular weight is 240 g/mol. The van der Waals surface area contributed by atoms with Crippen LogP contribution < -0.4 is 5.32 Å². The lowest BCUT2D eigenvalue weighted by atomic mass is 10.2. The number of amides is 2. The monoisotopic (exact) mass is 240 g/mol. The molecule has 0 aliphatic carbocycles. The van der Waals surface area contributed by atoms with Crippen LogP contribution in [0, 0.1) is 11.6 Å². The zero-order chi connectivity index (χ0) is 12.6. The van der Waals surface area contributed by atoms with Gasteiger partial charge in [-0.3, -0.25) is 14.5 Å². The first-order valence-corrected chi connectivity index (χ1v) is 5.01. The maximum absolute atomic E-state index is 12.9. The molecular formula is C11H10F2N2O2. The smallest absolute Gasteiger partial charge is 0.251 e. The van der Waals surface area contributed by atoms with E-state index in [0.29, 0.717) is 0 Å². The second-order valence-electron chi connectivity index (χ2n) is 3.82. The number of likely N-dealkylation sites (tertiary alicyclic amines) is 1. The summed E-state index contributed by atoms with van der Waals surface area (Å²) in [6, 6.07) is 2.51. The SMILES string of the molecule is CN1C(=O)CC(Nc2ccc(F)c(F)c2)C1=O. The number of hydrogen-bond acceptors (Lipinski definition) is 3. The molecule has 0 aromatic heterocycles. The molecule has 6 heteroatoms. The van der Waals surface area contributed by atoms with Gasteiger partial charge in [0.05, 0.1) is 6.42 Å². The van der Waals surface area contributed by atoms with E-state index in [0.717, 1.165) is 17.0 Å². The van der Waals surface area contributed by atoms with Gasteiger partial charge >= 0.3 is 0 Å². The number of hydrogen-bond donors (Lipinski definition) is 1. The summed E-state index contributed by atoms with van der Waals surface area (Å²) in [6.07, 6.45) is 0.0222. The van der Waals surface area contributed by atoms with E-state index in [1.165, 1.54) is 13.1 Å². The summed E-state index contributed by atoms with van der Waals surface area (Å²) >= 11 is 0. The molecule has 4 nitrogen and oxygen atoms in total. The molecule has 2 rings (SSSR count). The highest BCUT2D eigenvalue weighted by atomic mass is 19.2. The lowest BCUT2D eigenvalue weighted by Gasteiger charge is -2.12. The van der Waals surface area contributed by atoms with E-state index in [4.69, 9.17) is 0 Å². The Bertz CT molecular complexity index is 490. The van der Waals surface area contributed by atoms with Crippen LogP contribution in [0.3, 0.4) is 0 Å². The largest absolute Gasteiger partial charge is 0.373 e. The molecule has 90 valence electrons. The molecule has 0 bridgehead atoms. The molecule has 1 saturated heterocycles. The molecule has 2 amide bonds. The summed E-state index contributed by atoms with van der Waals surface area (Å²) < 4.78 is 25.6. The van der Waals surface area contributed by atoms with Gasteiger partial charge in [-0.2, -0.15) is 0 Å². The number of carbonyl (C=O) groups excluding carboxylic acids is 2. The third-order valence-corrected chi connectivity index (χ3v) is 2.64. The fourth-order valence-electron chi connectivity index (χ4n) is 1.66. The Morgan fingerprint density at radius 3 is 2.53 bits per heavy atom. The molecule has 1 heterocycles. The van der Waals surface area contributed by atoms with Crippen molar-refractivity contribution in [3.8, 4) is 0 Å². The van der Waals surface area contributed by atoms with E-state index in [1.54, 1.807) is 0 Å². The Morgan fingerprint density at radius 2 is 2.00 bits per heavy atom. The minimum atomic E-state index is -1.000. The van der Waals surface area contributed by atoms with Gasteiger partial charge in [0.1, 0.15) is 6.04 Å². The average Bonchev–Trinajstić information content (AvgIpc) is 2.52. The number of carbonyl (C=O) groups is 2. The zero-order valence-corrected chi connectivity index (χ0v) is 9.04. The molecular weight excluding hydrogens is 230 g/mol. The van der Waals surface area contributed by atoms with Crippen molar-refractivity contribution in [3.05, 3.63) is 29.8 Å². The lowest BCUT2D eigenvalue weighted by Crippen LogP contribution is -2.31. The zero-order valence-electron chi connectivity index (χ0n) is 9.04. The fourth-order valence-corrected chi connectivity index (χ4v) is 1.66. The van der Waals surface area contributed by atoms with E-state index in [1.807, 2.05) is 0 Å². The number of anilines is 1. The molecule has 17 heavy (non-hydrogen) atoms. The van der Waals surface area contributed by atoms with Crippen molar-refractivity contribution >= 4 is 17.5 Å². The maximum atomic E-state index is 12.9. The molecule has 1 N–H and O–H groups in total. The predicted molar refractivity (Wildman–Crippen MR) is 56.2 cm³/mol. The standard InChI is InChI=1S/C11H10F2N2O2/c1-15-10(16)5-9(11(15)17)14-6-2-3-7(12)8(13)4-6/h2-4,9,14H,5H2,1H3. The molecule has 1 aliphatic heterocycles. The first kappa shape index (κ1) is 11.5. The maximum Gasteiger partial charge on any atom is 0.251 e. The van der Waals surface area contributed by atoms with Crippen LogP contribution >= 0.6 is 0 Å². The first-order chi connectivity index (χ1) is 7.99. The van der Waals surface area contributed by atoms with Gasteiger partial charge in [-0.05, 0) is 12.1 Å². The minimum Gasteiger partial charge on any atom is -0.373 e. The number of rotatable bonds is 2. The van der Waals surface area contributed by atoms with Crippen molar-refractivity contribution in [2.45, 2.75) is 12.5 Å². The van der Waals surface area contributed by atoms with Gasteiger partial charge in [0.25, 0.3) is 5.91 Å². The Morgan fingerprint density at radius 1 is 1.29 bits per heavy atom. The molecule has 1 atom stereocenters.